The van der Waals surface area contributed by atoms with Crippen LogP contribution in [0.5, 0.6) is 0 Å². The van der Waals surface area contributed by atoms with Gasteiger partial charge in [0.25, 0.3) is 5.91 Å². The molecule has 0 aliphatic rings. The van der Waals surface area contributed by atoms with Crippen molar-refractivity contribution in [2.75, 3.05) is 20.6 Å². The Hall–Kier alpha value is -1.11. The average molecular weight is 429 g/mol. The lowest BCUT2D eigenvalue weighted by Crippen LogP contribution is -2.35. The highest BCUT2D eigenvalue weighted by molar-refractivity contribution is 14.1. The number of nitrogens with zero attached hydrogens (tertiary/aromatic N) is 1. The molecular weight excluding hydrogens is 411 g/mol. The lowest BCUT2D eigenvalue weighted by atomic mass is 10.1. The van der Waals surface area contributed by atoms with Crippen molar-refractivity contribution in [2.24, 2.45) is 0 Å². The quantitative estimate of drug-likeness (QED) is 0.731. The third-order valence-electron chi connectivity index (χ3n) is 3.46. The van der Waals surface area contributed by atoms with E-state index >= 15 is 0 Å². The minimum absolute atomic E-state index is 0.0269. The minimum atomic E-state index is -0.0658. The summed E-state index contributed by atoms with van der Waals surface area (Å²) in [5, 5.41) is 3.72. The van der Waals surface area contributed by atoms with E-state index in [1.54, 1.807) is 0 Å². The zero-order chi connectivity index (χ0) is 16.1. The second kappa shape index (κ2) is 7.94. The minimum Gasteiger partial charge on any atom is -0.350 e. The Morgan fingerprint density at radius 2 is 1.82 bits per heavy atom. The zero-order valence-corrected chi connectivity index (χ0v) is 15.4. The number of nitrogens with one attached hydrogen (secondary N) is 1. The van der Waals surface area contributed by atoms with Gasteiger partial charge >= 0.3 is 0 Å². The number of hydrogen-bond acceptors (Lipinski definition) is 2. The number of carbonyl (C=O) groups is 1. The smallest absolute Gasteiger partial charge is 0.252 e. The Morgan fingerprint density at radius 3 is 2.45 bits per heavy atom. The van der Waals surface area contributed by atoms with E-state index in [1.807, 2.05) is 62.6 Å². The van der Waals surface area contributed by atoms with Gasteiger partial charge in [0.2, 0.25) is 0 Å². The molecule has 0 saturated carbocycles. The Balaban J connectivity index is 2.12. The van der Waals surface area contributed by atoms with Crippen LogP contribution in [-0.4, -0.2) is 31.4 Å². The third-order valence-corrected chi connectivity index (χ3v) is 4.75. The van der Waals surface area contributed by atoms with Gasteiger partial charge in [0.15, 0.2) is 0 Å². The predicted molar refractivity (Wildman–Crippen MR) is 99.4 cm³/mol. The number of rotatable bonds is 5. The first-order valence-electron chi connectivity index (χ1n) is 6.94. The van der Waals surface area contributed by atoms with Crippen molar-refractivity contribution in [3.63, 3.8) is 0 Å². The number of hydrogen-bond donors (Lipinski definition) is 1. The van der Waals surface area contributed by atoms with Gasteiger partial charge in [-0.25, -0.2) is 0 Å². The van der Waals surface area contributed by atoms with Crippen molar-refractivity contribution in [1.29, 1.82) is 0 Å². The molecule has 22 heavy (non-hydrogen) atoms. The number of amides is 1. The van der Waals surface area contributed by atoms with E-state index in [-0.39, 0.29) is 11.9 Å². The van der Waals surface area contributed by atoms with Crippen LogP contribution in [0.3, 0.4) is 0 Å². The molecule has 0 bridgehead atoms. The lowest BCUT2D eigenvalue weighted by molar-refractivity contribution is 0.0941. The van der Waals surface area contributed by atoms with Crippen molar-refractivity contribution < 1.29 is 4.79 Å². The van der Waals surface area contributed by atoms with Crippen molar-refractivity contribution in [1.82, 2.24) is 10.2 Å². The number of carbonyl (C=O) groups excluding carboxylic acids is 1. The summed E-state index contributed by atoms with van der Waals surface area (Å²) in [4.78, 5) is 14.4. The van der Waals surface area contributed by atoms with Gasteiger partial charge in [0, 0.05) is 15.1 Å². The molecule has 0 spiro atoms. The molecule has 0 aliphatic heterocycles. The molecule has 116 valence electrons. The summed E-state index contributed by atoms with van der Waals surface area (Å²) in [5.74, 6) is -0.0658. The average Bonchev–Trinajstić information content (AvgIpc) is 2.49. The van der Waals surface area contributed by atoms with Crippen molar-refractivity contribution in [3.05, 3.63) is 68.3 Å². The van der Waals surface area contributed by atoms with Gasteiger partial charge in [-0.1, -0.05) is 41.9 Å². The second-order valence-electron chi connectivity index (χ2n) is 5.19. The van der Waals surface area contributed by atoms with Gasteiger partial charge in [-0.2, -0.15) is 0 Å². The van der Waals surface area contributed by atoms with Crippen molar-refractivity contribution in [3.8, 4) is 0 Å². The highest BCUT2D eigenvalue weighted by Gasteiger charge is 2.18. The van der Waals surface area contributed by atoms with E-state index in [0.29, 0.717) is 17.1 Å². The van der Waals surface area contributed by atoms with Crippen LogP contribution < -0.4 is 5.32 Å². The summed E-state index contributed by atoms with van der Waals surface area (Å²) < 4.78 is 0.941. The first-order valence-corrected chi connectivity index (χ1v) is 8.40. The zero-order valence-electron chi connectivity index (χ0n) is 12.5. The van der Waals surface area contributed by atoms with Gasteiger partial charge in [0.05, 0.1) is 11.6 Å². The molecule has 0 saturated heterocycles. The van der Waals surface area contributed by atoms with Gasteiger partial charge in [0.1, 0.15) is 0 Å². The SMILES string of the molecule is CN(C)[C@@H](CNC(=O)c1ccccc1I)c1ccccc1Cl. The van der Waals surface area contributed by atoms with Crippen LogP contribution in [0.4, 0.5) is 0 Å². The standard InChI is InChI=1S/C17H18ClIN2O/c1-21(2)16(12-7-3-5-9-14(12)18)11-20-17(22)13-8-4-6-10-15(13)19/h3-10,16H,11H2,1-2H3,(H,20,22)/t16-/m0/s1. The first-order chi connectivity index (χ1) is 10.5. The van der Waals surface area contributed by atoms with Gasteiger partial charge in [-0.05, 0) is 60.4 Å². The van der Waals surface area contributed by atoms with Crippen LogP contribution in [0.1, 0.15) is 22.0 Å². The van der Waals surface area contributed by atoms with Crippen LogP contribution in [0.2, 0.25) is 5.02 Å². The summed E-state index contributed by atoms with van der Waals surface area (Å²) in [6, 6.07) is 15.3. The fourth-order valence-corrected chi connectivity index (χ4v) is 3.14. The summed E-state index contributed by atoms with van der Waals surface area (Å²) in [7, 11) is 3.96. The Labute approximate surface area is 149 Å². The molecule has 2 rings (SSSR count). The summed E-state index contributed by atoms with van der Waals surface area (Å²) in [6.07, 6.45) is 0. The highest BCUT2D eigenvalue weighted by Crippen LogP contribution is 2.25. The molecule has 1 N–H and O–H groups in total. The van der Waals surface area contributed by atoms with E-state index in [0.717, 1.165) is 9.13 Å². The molecule has 5 heteroatoms. The van der Waals surface area contributed by atoms with Crippen LogP contribution >= 0.6 is 34.2 Å². The van der Waals surface area contributed by atoms with Gasteiger partial charge in [-0.15, -0.1) is 0 Å². The topological polar surface area (TPSA) is 32.3 Å². The third kappa shape index (κ3) is 4.21. The van der Waals surface area contributed by atoms with E-state index in [4.69, 9.17) is 11.6 Å². The van der Waals surface area contributed by atoms with E-state index in [1.165, 1.54) is 0 Å². The maximum absolute atomic E-state index is 12.3. The van der Waals surface area contributed by atoms with Crippen LogP contribution in [0.25, 0.3) is 0 Å². The molecule has 1 amide bonds. The molecule has 0 fully saturated rings. The summed E-state index contributed by atoms with van der Waals surface area (Å²) in [5.41, 5.74) is 1.71. The van der Waals surface area contributed by atoms with Crippen molar-refractivity contribution in [2.45, 2.75) is 6.04 Å². The molecule has 0 heterocycles. The Bertz CT molecular complexity index is 661. The predicted octanol–water partition coefficient (Wildman–Crippen LogP) is 3.98. The lowest BCUT2D eigenvalue weighted by Gasteiger charge is -2.26. The fraction of sp³-hybridized carbons (Fsp3) is 0.235. The normalized spacial score (nSPS) is 12.2. The number of likely N-dealkylation sites (N-methyl/N-ethyl adjacent to an activating group) is 1. The van der Waals surface area contributed by atoms with E-state index < -0.39 is 0 Å². The maximum atomic E-state index is 12.3. The number of halogens is 2. The molecule has 2 aromatic rings. The molecule has 1 atom stereocenters. The molecule has 0 aliphatic carbocycles. The Kier molecular flexibility index (Phi) is 6.23. The largest absolute Gasteiger partial charge is 0.350 e. The summed E-state index contributed by atoms with van der Waals surface area (Å²) >= 11 is 8.45. The monoisotopic (exact) mass is 428 g/mol. The van der Waals surface area contributed by atoms with E-state index in [9.17, 15) is 4.79 Å². The van der Waals surface area contributed by atoms with Crippen LogP contribution in [0, 0.1) is 3.57 Å². The fourth-order valence-electron chi connectivity index (χ4n) is 2.25. The Morgan fingerprint density at radius 1 is 1.18 bits per heavy atom. The molecule has 0 unspecified atom stereocenters. The highest BCUT2D eigenvalue weighted by atomic mass is 127. The molecule has 0 aromatic heterocycles. The van der Waals surface area contributed by atoms with E-state index in [2.05, 4.69) is 32.8 Å². The van der Waals surface area contributed by atoms with Crippen LogP contribution in [-0.2, 0) is 0 Å². The molecule has 3 nitrogen and oxygen atoms in total. The number of benzene rings is 2. The first kappa shape index (κ1) is 17.2. The van der Waals surface area contributed by atoms with Gasteiger partial charge in [-0.3, -0.25) is 4.79 Å². The second-order valence-corrected chi connectivity index (χ2v) is 6.76. The molecule has 0 radical (unpaired) electrons. The maximum Gasteiger partial charge on any atom is 0.252 e. The summed E-state index contributed by atoms with van der Waals surface area (Å²) in [6.45, 7) is 0.501. The van der Waals surface area contributed by atoms with Crippen molar-refractivity contribution >= 4 is 40.1 Å². The molecular formula is C17H18ClIN2O. The molecule has 2 aromatic carbocycles. The van der Waals surface area contributed by atoms with Crippen LogP contribution in [0.15, 0.2) is 48.5 Å². The van der Waals surface area contributed by atoms with Gasteiger partial charge < -0.3 is 10.2 Å².